The number of amides is 3. The number of rotatable bonds is 4. The number of carbonyl (C=O) groups excluding carboxylic acids is 2. The molecule has 0 bridgehead atoms. The standard InChI is InChI=1S/C22H26ClFN4O2S/c23-19-14-25-21(31-19)26-22(30)28(17-4-2-1-3-5-17)18-10-12-27(13-11-18)20(29)15-6-8-16(24)9-7-15/h6-9,14,17-18H,1-5,10-13H2,(H,25,26,30). The van der Waals surface area contributed by atoms with Crippen molar-refractivity contribution in [2.24, 2.45) is 0 Å². The zero-order valence-corrected chi connectivity index (χ0v) is 18.8. The van der Waals surface area contributed by atoms with E-state index in [0.717, 1.165) is 38.5 Å². The number of likely N-dealkylation sites (tertiary alicyclic amines) is 1. The van der Waals surface area contributed by atoms with Crippen molar-refractivity contribution in [3.05, 3.63) is 46.2 Å². The van der Waals surface area contributed by atoms with Crippen LogP contribution in [0.1, 0.15) is 55.3 Å². The van der Waals surface area contributed by atoms with Crippen molar-refractivity contribution in [1.29, 1.82) is 0 Å². The molecule has 0 radical (unpaired) electrons. The van der Waals surface area contributed by atoms with Crippen molar-refractivity contribution < 1.29 is 14.0 Å². The van der Waals surface area contributed by atoms with Crippen LogP contribution in [0.25, 0.3) is 0 Å². The van der Waals surface area contributed by atoms with Gasteiger partial charge in [-0.05, 0) is 49.9 Å². The highest BCUT2D eigenvalue weighted by Gasteiger charge is 2.35. The second kappa shape index (κ2) is 9.96. The van der Waals surface area contributed by atoms with Gasteiger partial charge in [0.2, 0.25) is 0 Å². The van der Waals surface area contributed by atoms with E-state index in [-0.39, 0.29) is 29.8 Å². The van der Waals surface area contributed by atoms with Crippen LogP contribution in [0.4, 0.5) is 14.3 Å². The van der Waals surface area contributed by atoms with E-state index in [9.17, 15) is 14.0 Å². The van der Waals surface area contributed by atoms with E-state index in [1.165, 1.54) is 48.2 Å². The molecule has 2 fully saturated rings. The number of piperidine rings is 1. The molecule has 0 atom stereocenters. The van der Waals surface area contributed by atoms with Gasteiger partial charge in [-0.25, -0.2) is 14.2 Å². The normalized spacial score (nSPS) is 18.1. The Morgan fingerprint density at radius 2 is 1.71 bits per heavy atom. The summed E-state index contributed by atoms with van der Waals surface area (Å²) in [6.07, 6.45) is 8.43. The number of aromatic nitrogens is 1. The molecule has 9 heteroatoms. The number of carbonyl (C=O) groups is 2. The third kappa shape index (κ3) is 5.36. The topological polar surface area (TPSA) is 65.5 Å². The Kier molecular flexibility index (Phi) is 7.07. The number of benzene rings is 1. The smallest absolute Gasteiger partial charge is 0.324 e. The second-order valence-corrected chi connectivity index (χ2v) is 9.79. The van der Waals surface area contributed by atoms with Gasteiger partial charge >= 0.3 is 6.03 Å². The molecule has 1 saturated carbocycles. The van der Waals surface area contributed by atoms with Gasteiger partial charge in [-0.2, -0.15) is 0 Å². The summed E-state index contributed by atoms with van der Waals surface area (Å²) in [7, 11) is 0. The van der Waals surface area contributed by atoms with Gasteiger partial charge in [-0.15, -0.1) is 0 Å². The van der Waals surface area contributed by atoms with Gasteiger partial charge in [0.1, 0.15) is 10.2 Å². The van der Waals surface area contributed by atoms with Crippen molar-refractivity contribution in [3.8, 4) is 0 Å². The van der Waals surface area contributed by atoms with E-state index in [4.69, 9.17) is 11.6 Å². The molecule has 0 unspecified atom stereocenters. The SMILES string of the molecule is O=C(c1ccc(F)cc1)N1CCC(N(C(=O)Nc2ncc(Cl)s2)C2CCCCC2)CC1. The minimum absolute atomic E-state index is 0.0656. The minimum atomic E-state index is -0.356. The van der Waals surface area contributed by atoms with Crippen LogP contribution in [0.3, 0.4) is 0 Å². The van der Waals surface area contributed by atoms with Crippen LogP contribution in [-0.2, 0) is 0 Å². The largest absolute Gasteiger partial charge is 0.338 e. The lowest BCUT2D eigenvalue weighted by Crippen LogP contribution is -2.54. The lowest BCUT2D eigenvalue weighted by atomic mass is 9.91. The first-order valence-electron chi connectivity index (χ1n) is 10.8. The van der Waals surface area contributed by atoms with Crippen molar-refractivity contribution >= 4 is 40.0 Å². The molecule has 1 aliphatic carbocycles. The first-order valence-corrected chi connectivity index (χ1v) is 12.0. The van der Waals surface area contributed by atoms with E-state index in [0.29, 0.717) is 28.1 Å². The highest BCUT2D eigenvalue weighted by Crippen LogP contribution is 2.30. The summed E-state index contributed by atoms with van der Waals surface area (Å²) < 4.78 is 13.7. The zero-order valence-electron chi connectivity index (χ0n) is 17.2. The minimum Gasteiger partial charge on any atom is -0.338 e. The fraction of sp³-hybridized carbons (Fsp3) is 0.500. The van der Waals surface area contributed by atoms with Crippen LogP contribution in [0, 0.1) is 5.82 Å². The van der Waals surface area contributed by atoms with Crippen LogP contribution in [0.5, 0.6) is 0 Å². The molecule has 1 aromatic carbocycles. The van der Waals surface area contributed by atoms with Crippen LogP contribution in [0.15, 0.2) is 30.5 Å². The monoisotopic (exact) mass is 464 g/mol. The van der Waals surface area contributed by atoms with Crippen molar-refractivity contribution in [3.63, 3.8) is 0 Å². The summed E-state index contributed by atoms with van der Waals surface area (Å²) >= 11 is 7.20. The predicted molar refractivity (Wildman–Crippen MR) is 120 cm³/mol. The summed E-state index contributed by atoms with van der Waals surface area (Å²) in [5.74, 6) is -0.449. The van der Waals surface area contributed by atoms with E-state index in [1.807, 2.05) is 4.90 Å². The summed E-state index contributed by atoms with van der Waals surface area (Å²) in [6.45, 7) is 1.14. The van der Waals surface area contributed by atoms with Gasteiger partial charge in [0.25, 0.3) is 5.91 Å². The molecular weight excluding hydrogens is 439 g/mol. The van der Waals surface area contributed by atoms with Gasteiger partial charge < -0.3 is 9.80 Å². The van der Waals surface area contributed by atoms with Crippen LogP contribution < -0.4 is 5.32 Å². The predicted octanol–water partition coefficient (Wildman–Crippen LogP) is 5.41. The first-order chi connectivity index (χ1) is 15.0. The molecule has 6 nitrogen and oxygen atoms in total. The molecule has 4 rings (SSSR count). The van der Waals surface area contributed by atoms with Gasteiger partial charge in [-0.1, -0.05) is 42.2 Å². The Balaban J connectivity index is 1.43. The number of halogens is 2. The average molecular weight is 465 g/mol. The lowest BCUT2D eigenvalue weighted by Gasteiger charge is -2.43. The fourth-order valence-corrected chi connectivity index (χ4v) is 5.38. The summed E-state index contributed by atoms with van der Waals surface area (Å²) in [5.41, 5.74) is 0.488. The Morgan fingerprint density at radius 3 is 2.32 bits per heavy atom. The maximum absolute atomic E-state index is 13.2. The molecule has 0 spiro atoms. The Hall–Kier alpha value is -2.19. The van der Waals surface area contributed by atoms with E-state index in [2.05, 4.69) is 10.3 Å². The molecule has 31 heavy (non-hydrogen) atoms. The first kappa shape index (κ1) is 22.0. The number of urea groups is 1. The fourth-order valence-electron chi connectivity index (χ4n) is 4.58. The zero-order chi connectivity index (χ0) is 21.8. The molecule has 1 aliphatic heterocycles. The molecule has 1 saturated heterocycles. The molecule has 1 N–H and O–H groups in total. The van der Waals surface area contributed by atoms with Crippen molar-refractivity contribution in [2.75, 3.05) is 18.4 Å². The Morgan fingerprint density at radius 1 is 1.06 bits per heavy atom. The Bertz CT molecular complexity index is 908. The maximum Gasteiger partial charge on any atom is 0.324 e. The van der Waals surface area contributed by atoms with Gasteiger partial charge in [0.15, 0.2) is 5.13 Å². The number of thiazole rings is 1. The summed E-state index contributed by atoms with van der Waals surface area (Å²) in [5, 5.41) is 3.42. The maximum atomic E-state index is 13.2. The number of nitrogens with zero attached hydrogens (tertiary/aromatic N) is 3. The van der Waals surface area contributed by atoms with E-state index in [1.54, 1.807) is 4.90 Å². The van der Waals surface area contributed by atoms with E-state index >= 15 is 0 Å². The van der Waals surface area contributed by atoms with Gasteiger partial charge in [0.05, 0.1) is 6.20 Å². The quantitative estimate of drug-likeness (QED) is 0.658. The van der Waals surface area contributed by atoms with Gasteiger partial charge in [0, 0.05) is 30.7 Å². The highest BCUT2D eigenvalue weighted by atomic mass is 35.5. The van der Waals surface area contributed by atoms with Gasteiger partial charge in [-0.3, -0.25) is 10.1 Å². The molecule has 1 aromatic heterocycles. The third-order valence-electron chi connectivity index (χ3n) is 6.13. The van der Waals surface area contributed by atoms with Crippen molar-refractivity contribution in [1.82, 2.24) is 14.8 Å². The lowest BCUT2D eigenvalue weighted by molar-refractivity contribution is 0.0595. The van der Waals surface area contributed by atoms with E-state index < -0.39 is 0 Å². The number of anilines is 1. The third-order valence-corrected chi connectivity index (χ3v) is 7.16. The molecule has 2 heterocycles. The molecule has 166 valence electrons. The summed E-state index contributed by atoms with van der Waals surface area (Å²) in [6, 6.07) is 5.78. The Labute approximate surface area is 190 Å². The number of hydrogen-bond donors (Lipinski definition) is 1. The average Bonchev–Trinajstić information content (AvgIpc) is 3.19. The molecule has 3 amide bonds. The molecular formula is C22H26ClFN4O2S. The number of hydrogen-bond acceptors (Lipinski definition) is 4. The number of nitrogens with one attached hydrogen (secondary N) is 1. The van der Waals surface area contributed by atoms with Crippen LogP contribution in [-0.4, -0.2) is 51.9 Å². The molecule has 2 aliphatic rings. The van der Waals surface area contributed by atoms with Crippen molar-refractivity contribution in [2.45, 2.75) is 57.0 Å². The summed E-state index contributed by atoms with van der Waals surface area (Å²) in [4.78, 5) is 33.9. The second-order valence-electron chi connectivity index (χ2n) is 8.13. The van der Waals surface area contributed by atoms with Crippen LogP contribution in [0.2, 0.25) is 4.34 Å². The molecule has 2 aromatic rings. The van der Waals surface area contributed by atoms with Crippen LogP contribution >= 0.6 is 22.9 Å². The highest BCUT2D eigenvalue weighted by molar-refractivity contribution is 7.19.